The predicted octanol–water partition coefficient (Wildman–Crippen LogP) is 3.19. The number of benzene rings is 1. The van der Waals surface area contributed by atoms with Crippen molar-refractivity contribution >= 4 is 5.69 Å². The number of ether oxygens (including phenoxy) is 1. The molecule has 0 atom stereocenters. The third kappa shape index (κ3) is 2.88. The van der Waals surface area contributed by atoms with Crippen molar-refractivity contribution in [3.63, 3.8) is 0 Å². The molecule has 0 spiro atoms. The topological polar surface area (TPSA) is 65.3 Å². The van der Waals surface area contributed by atoms with E-state index in [0.29, 0.717) is 11.3 Å². The van der Waals surface area contributed by atoms with Crippen molar-refractivity contribution in [2.45, 2.75) is 20.5 Å². The highest BCUT2D eigenvalue weighted by Gasteiger charge is 2.20. The van der Waals surface area contributed by atoms with Crippen LogP contribution in [0.15, 0.2) is 36.5 Å². The normalized spacial score (nSPS) is 10.2. The first kappa shape index (κ1) is 13.0. The highest BCUT2D eigenvalue weighted by molar-refractivity contribution is 5.56. The third-order valence-electron chi connectivity index (χ3n) is 2.80. The SMILES string of the molecule is Cc1ccc(C)c([N+](=O)[O-])c1OCc1ccccn1. The van der Waals surface area contributed by atoms with Crippen LogP contribution in [-0.2, 0) is 6.61 Å². The standard InChI is InChI=1S/C14H14N2O3/c1-10-6-7-11(2)14(13(10)16(17)18)19-9-12-5-3-4-8-15-12/h3-8H,9H2,1-2H3. The summed E-state index contributed by atoms with van der Waals surface area (Å²) in [7, 11) is 0. The van der Waals surface area contributed by atoms with Gasteiger partial charge >= 0.3 is 5.69 Å². The van der Waals surface area contributed by atoms with Gasteiger partial charge in [-0.3, -0.25) is 15.1 Å². The van der Waals surface area contributed by atoms with Crippen LogP contribution < -0.4 is 4.74 Å². The van der Waals surface area contributed by atoms with Crippen LogP contribution in [0.3, 0.4) is 0 Å². The molecule has 0 fully saturated rings. The molecule has 1 aromatic carbocycles. The lowest BCUT2D eigenvalue weighted by Crippen LogP contribution is -2.03. The summed E-state index contributed by atoms with van der Waals surface area (Å²) in [6.07, 6.45) is 1.66. The molecule has 1 heterocycles. The van der Waals surface area contributed by atoms with Gasteiger partial charge in [0.15, 0.2) is 0 Å². The Morgan fingerprint density at radius 1 is 1.21 bits per heavy atom. The fourth-order valence-corrected chi connectivity index (χ4v) is 1.81. The van der Waals surface area contributed by atoms with E-state index in [2.05, 4.69) is 4.98 Å². The van der Waals surface area contributed by atoms with Crippen molar-refractivity contribution in [2.75, 3.05) is 0 Å². The molecule has 98 valence electrons. The molecule has 0 radical (unpaired) electrons. The van der Waals surface area contributed by atoms with Crippen LogP contribution in [0, 0.1) is 24.0 Å². The van der Waals surface area contributed by atoms with E-state index in [0.717, 1.165) is 11.3 Å². The average Bonchev–Trinajstić information content (AvgIpc) is 2.40. The Bertz CT molecular complexity index is 597. The van der Waals surface area contributed by atoms with Crippen LogP contribution in [0.2, 0.25) is 0 Å². The van der Waals surface area contributed by atoms with Gasteiger partial charge in [-0.2, -0.15) is 0 Å². The van der Waals surface area contributed by atoms with Crippen LogP contribution >= 0.6 is 0 Å². The van der Waals surface area contributed by atoms with Crippen LogP contribution in [0.4, 0.5) is 5.69 Å². The smallest absolute Gasteiger partial charge is 0.314 e. The van der Waals surface area contributed by atoms with E-state index in [1.54, 1.807) is 26.1 Å². The number of nitro groups is 1. The molecule has 2 rings (SSSR count). The quantitative estimate of drug-likeness (QED) is 0.624. The van der Waals surface area contributed by atoms with E-state index >= 15 is 0 Å². The van der Waals surface area contributed by atoms with Crippen LogP contribution in [0.5, 0.6) is 5.75 Å². The molecule has 0 saturated heterocycles. The second-order valence-electron chi connectivity index (χ2n) is 4.24. The number of nitrogens with zero attached hydrogens (tertiary/aromatic N) is 2. The summed E-state index contributed by atoms with van der Waals surface area (Å²) < 4.78 is 5.59. The molecule has 0 saturated carbocycles. The second-order valence-corrected chi connectivity index (χ2v) is 4.24. The maximum atomic E-state index is 11.1. The van der Waals surface area contributed by atoms with Gasteiger partial charge in [-0.1, -0.05) is 18.2 Å². The maximum absolute atomic E-state index is 11.1. The lowest BCUT2D eigenvalue weighted by Gasteiger charge is -2.10. The molecule has 0 amide bonds. The van der Waals surface area contributed by atoms with E-state index in [1.807, 2.05) is 24.3 Å². The Kier molecular flexibility index (Phi) is 3.75. The Morgan fingerprint density at radius 3 is 2.58 bits per heavy atom. The summed E-state index contributed by atoms with van der Waals surface area (Å²) >= 11 is 0. The molecule has 0 aliphatic heterocycles. The Labute approximate surface area is 111 Å². The molecule has 2 aromatic rings. The lowest BCUT2D eigenvalue weighted by molar-refractivity contribution is -0.386. The Morgan fingerprint density at radius 2 is 1.95 bits per heavy atom. The van der Waals surface area contributed by atoms with Crippen molar-refractivity contribution in [3.05, 3.63) is 63.5 Å². The predicted molar refractivity (Wildman–Crippen MR) is 71.1 cm³/mol. The van der Waals surface area contributed by atoms with Gasteiger partial charge in [0.25, 0.3) is 0 Å². The van der Waals surface area contributed by atoms with Crippen molar-refractivity contribution in [2.24, 2.45) is 0 Å². The first-order valence-electron chi connectivity index (χ1n) is 5.87. The van der Waals surface area contributed by atoms with Crippen LogP contribution in [0.1, 0.15) is 16.8 Å². The molecule has 5 heteroatoms. The van der Waals surface area contributed by atoms with Gasteiger partial charge in [-0.05, 0) is 31.5 Å². The number of hydrogen-bond donors (Lipinski definition) is 0. The zero-order valence-corrected chi connectivity index (χ0v) is 10.8. The second kappa shape index (κ2) is 5.48. The zero-order chi connectivity index (χ0) is 13.8. The van der Waals surface area contributed by atoms with Crippen LogP contribution in [0.25, 0.3) is 0 Å². The summed E-state index contributed by atoms with van der Waals surface area (Å²) in [6, 6.07) is 9.02. The minimum atomic E-state index is -0.407. The van der Waals surface area contributed by atoms with E-state index in [1.165, 1.54) is 0 Å². The van der Waals surface area contributed by atoms with Gasteiger partial charge in [-0.15, -0.1) is 0 Å². The Balaban J connectivity index is 2.29. The van der Waals surface area contributed by atoms with E-state index in [4.69, 9.17) is 4.74 Å². The minimum absolute atomic E-state index is 0.0240. The number of hydrogen-bond acceptors (Lipinski definition) is 4. The average molecular weight is 258 g/mol. The third-order valence-corrected chi connectivity index (χ3v) is 2.80. The number of rotatable bonds is 4. The molecule has 0 aliphatic carbocycles. The molecular formula is C14H14N2O3. The largest absolute Gasteiger partial charge is 0.480 e. The number of aryl methyl sites for hydroxylation is 2. The van der Waals surface area contributed by atoms with E-state index < -0.39 is 4.92 Å². The summed E-state index contributed by atoms with van der Waals surface area (Å²) in [4.78, 5) is 14.8. The first-order valence-corrected chi connectivity index (χ1v) is 5.87. The van der Waals surface area contributed by atoms with Gasteiger partial charge in [0.2, 0.25) is 5.75 Å². The first-order chi connectivity index (χ1) is 9.09. The van der Waals surface area contributed by atoms with Crippen molar-refractivity contribution < 1.29 is 9.66 Å². The number of pyridine rings is 1. The van der Waals surface area contributed by atoms with Gasteiger partial charge in [0, 0.05) is 11.8 Å². The molecule has 19 heavy (non-hydrogen) atoms. The number of nitro benzene ring substituents is 1. The highest BCUT2D eigenvalue weighted by atomic mass is 16.6. The molecular weight excluding hydrogens is 244 g/mol. The molecule has 0 N–H and O–H groups in total. The summed E-state index contributed by atoms with van der Waals surface area (Å²) in [5, 5.41) is 11.1. The summed E-state index contributed by atoms with van der Waals surface area (Å²) in [5.74, 6) is 0.315. The summed E-state index contributed by atoms with van der Waals surface area (Å²) in [5.41, 5.74) is 2.09. The maximum Gasteiger partial charge on any atom is 0.314 e. The Hall–Kier alpha value is -2.43. The zero-order valence-electron chi connectivity index (χ0n) is 10.8. The van der Waals surface area contributed by atoms with E-state index in [-0.39, 0.29) is 12.3 Å². The van der Waals surface area contributed by atoms with Gasteiger partial charge in [0.1, 0.15) is 6.61 Å². The van der Waals surface area contributed by atoms with Gasteiger partial charge in [0.05, 0.1) is 10.6 Å². The van der Waals surface area contributed by atoms with Crippen molar-refractivity contribution in [1.29, 1.82) is 0 Å². The number of aromatic nitrogens is 1. The molecule has 0 aliphatic rings. The fourth-order valence-electron chi connectivity index (χ4n) is 1.81. The highest BCUT2D eigenvalue weighted by Crippen LogP contribution is 2.34. The molecule has 0 bridgehead atoms. The van der Waals surface area contributed by atoms with Crippen LogP contribution in [-0.4, -0.2) is 9.91 Å². The minimum Gasteiger partial charge on any atom is -0.480 e. The molecule has 1 aromatic heterocycles. The summed E-state index contributed by atoms with van der Waals surface area (Å²) in [6.45, 7) is 3.71. The lowest BCUT2D eigenvalue weighted by atomic mass is 10.1. The monoisotopic (exact) mass is 258 g/mol. The fraction of sp³-hybridized carbons (Fsp3) is 0.214. The van der Waals surface area contributed by atoms with E-state index in [9.17, 15) is 10.1 Å². The molecule has 5 nitrogen and oxygen atoms in total. The van der Waals surface area contributed by atoms with Crippen molar-refractivity contribution in [1.82, 2.24) is 4.98 Å². The van der Waals surface area contributed by atoms with Gasteiger partial charge in [-0.25, -0.2) is 0 Å². The van der Waals surface area contributed by atoms with Gasteiger partial charge < -0.3 is 4.74 Å². The molecule has 0 unspecified atom stereocenters. The van der Waals surface area contributed by atoms with Crippen molar-refractivity contribution in [3.8, 4) is 5.75 Å².